The van der Waals surface area contributed by atoms with E-state index in [1.165, 1.54) is 24.0 Å². The Balaban J connectivity index is 1.94. The Morgan fingerprint density at radius 1 is 1.21 bits per heavy atom. The van der Waals surface area contributed by atoms with E-state index in [4.69, 9.17) is 0 Å². The van der Waals surface area contributed by atoms with Crippen molar-refractivity contribution in [2.75, 3.05) is 6.54 Å². The Morgan fingerprint density at radius 3 is 2.47 bits per heavy atom. The average Bonchev–Trinajstić information content (AvgIpc) is 3.17. The zero-order valence-electron chi connectivity index (χ0n) is 12.9. The van der Waals surface area contributed by atoms with Crippen molar-refractivity contribution in [1.82, 2.24) is 10.2 Å². The van der Waals surface area contributed by atoms with Crippen LogP contribution in [0, 0.1) is 0 Å². The Kier molecular flexibility index (Phi) is 4.64. The van der Waals surface area contributed by atoms with Gasteiger partial charge < -0.3 is 5.32 Å². The maximum Gasteiger partial charge on any atom is 0.0236 e. The van der Waals surface area contributed by atoms with Crippen LogP contribution in [0.5, 0.6) is 0 Å². The van der Waals surface area contributed by atoms with Gasteiger partial charge in [0.25, 0.3) is 0 Å². The van der Waals surface area contributed by atoms with Crippen LogP contribution >= 0.6 is 0 Å². The number of rotatable bonds is 6. The molecule has 1 aliphatic rings. The first kappa shape index (κ1) is 14.5. The van der Waals surface area contributed by atoms with E-state index in [2.05, 4.69) is 62.2 Å². The van der Waals surface area contributed by atoms with Gasteiger partial charge >= 0.3 is 0 Å². The molecular formula is C17H28N2. The smallest absolute Gasteiger partial charge is 0.0236 e. The van der Waals surface area contributed by atoms with E-state index >= 15 is 0 Å². The summed E-state index contributed by atoms with van der Waals surface area (Å²) in [5.74, 6) is 0. The predicted molar refractivity (Wildman–Crippen MR) is 82.1 cm³/mol. The largest absolute Gasteiger partial charge is 0.308 e. The summed E-state index contributed by atoms with van der Waals surface area (Å²) >= 11 is 0. The second-order valence-corrected chi connectivity index (χ2v) is 6.72. The summed E-state index contributed by atoms with van der Waals surface area (Å²) in [4.78, 5) is 2.59. The van der Waals surface area contributed by atoms with Crippen molar-refractivity contribution in [3.8, 4) is 0 Å². The van der Waals surface area contributed by atoms with Gasteiger partial charge in [0.05, 0.1) is 0 Å². The number of nitrogens with one attached hydrogen (secondary N) is 1. The van der Waals surface area contributed by atoms with Crippen LogP contribution in [-0.4, -0.2) is 23.0 Å². The molecule has 0 spiro atoms. The van der Waals surface area contributed by atoms with Gasteiger partial charge in [-0.05, 0) is 51.3 Å². The fraction of sp³-hybridized carbons (Fsp3) is 0.647. The fourth-order valence-corrected chi connectivity index (χ4v) is 2.38. The van der Waals surface area contributed by atoms with Crippen LogP contribution in [-0.2, 0) is 13.1 Å². The molecule has 1 N–H and O–H groups in total. The van der Waals surface area contributed by atoms with E-state index in [1.54, 1.807) is 0 Å². The molecule has 0 saturated heterocycles. The first-order valence-electron chi connectivity index (χ1n) is 7.55. The van der Waals surface area contributed by atoms with E-state index in [-0.39, 0.29) is 5.54 Å². The minimum Gasteiger partial charge on any atom is -0.308 e. The number of benzene rings is 1. The molecule has 2 heteroatoms. The molecule has 0 heterocycles. The monoisotopic (exact) mass is 260 g/mol. The van der Waals surface area contributed by atoms with Crippen molar-refractivity contribution in [3.05, 3.63) is 35.4 Å². The Bertz CT molecular complexity index is 402. The zero-order valence-corrected chi connectivity index (χ0v) is 12.9. The summed E-state index contributed by atoms with van der Waals surface area (Å²) in [6.45, 7) is 12.1. The SMILES string of the molecule is CCN(Cc1cccc(CNC(C)(C)C)c1)C1CC1. The Morgan fingerprint density at radius 2 is 1.89 bits per heavy atom. The van der Waals surface area contributed by atoms with E-state index in [0.717, 1.165) is 25.7 Å². The van der Waals surface area contributed by atoms with Gasteiger partial charge in [-0.3, -0.25) is 4.90 Å². The standard InChI is InChI=1S/C17H28N2/c1-5-19(16-9-10-16)13-15-8-6-7-14(11-15)12-18-17(2,3)4/h6-8,11,16,18H,5,9-10,12-13H2,1-4H3. The molecule has 19 heavy (non-hydrogen) atoms. The minimum absolute atomic E-state index is 0.180. The summed E-state index contributed by atoms with van der Waals surface area (Å²) in [5.41, 5.74) is 3.01. The molecule has 1 aromatic carbocycles. The summed E-state index contributed by atoms with van der Waals surface area (Å²) in [5, 5.41) is 3.55. The number of hydrogen-bond donors (Lipinski definition) is 1. The lowest BCUT2D eigenvalue weighted by molar-refractivity contribution is 0.269. The second kappa shape index (κ2) is 6.06. The topological polar surface area (TPSA) is 15.3 Å². The van der Waals surface area contributed by atoms with Gasteiger partial charge in [0, 0.05) is 24.7 Å². The van der Waals surface area contributed by atoms with Gasteiger partial charge in [0.1, 0.15) is 0 Å². The second-order valence-electron chi connectivity index (χ2n) is 6.72. The van der Waals surface area contributed by atoms with Crippen LogP contribution in [0.25, 0.3) is 0 Å². The normalized spacial score (nSPS) is 16.1. The molecule has 0 amide bonds. The van der Waals surface area contributed by atoms with Crippen LogP contribution in [0.1, 0.15) is 51.7 Å². The molecule has 0 bridgehead atoms. The Labute approximate surface area is 118 Å². The van der Waals surface area contributed by atoms with Crippen LogP contribution in [0.2, 0.25) is 0 Å². The van der Waals surface area contributed by atoms with Crippen molar-refractivity contribution in [3.63, 3.8) is 0 Å². The molecule has 0 radical (unpaired) electrons. The van der Waals surface area contributed by atoms with Gasteiger partial charge in [0.2, 0.25) is 0 Å². The van der Waals surface area contributed by atoms with Crippen molar-refractivity contribution >= 4 is 0 Å². The summed E-state index contributed by atoms with van der Waals surface area (Å²) < 4.78 is 0. The van der Waals surface area contributed by atoms with Crippen LogP contribution in [0.3, 0.4) is 0 Å². The molecule has 2 nitrogen and oxygen atoms in total. The maximum atomic E-state index is 3.55. The fourth-order valence-electron chi connectivity index (χ4n) is 2.38. The molecule has 2 rings (SSSR count). The third kappa shape index (κ3) is 4.96. The first-order valence-corrected chi connectivity index (χ1v) is 7.55. The Hall–Kier alpha value is -0.860. The molecule has 1 saturated carbocycles. The molecule has 1 fully saturated rings. The summed E-state index contributed by atoms with van der Waals surface area (Å²) in [6.07, 6.45) is 2.78. The van der Waals surface area contributed by atoms with Gasteiger partial charge in [-0.1, -0.05) is 31.2 Å². The molecule has 0 unspecified atom stereocenters. The van der Waals surface area contributed by atoms with Crippen molar-refractivity contribution in [2.24, 2.45) is 0 Å². The first-order chi connectivity index (χ1) is 8.98. The highest BCUT2D eigenvalue weighted by atomic mass is 15.2. The van der Waals surface area contributed by atoms with Gasteiger partial charge in [-0.15, -0.1) is 0 Å². The van der Waals surface area contributed by atoms with E-state index in [1.807, 2.05) is 0 Å². The zero-order chi connectivity index (χ0) is 13.9. The molecule has 1 aliphatic carbocycles. The average molecular weight is 260 g/mol. The van der Waals surface area contributed by atoms with Gasteiger partial charge in [-0.25, -0.2) is 0 Å². The highest BCUT2D eigenvalue weighted by Gasteiger charge is 2.27. The van der Waals surface area contributed by atoms with Crippen molar-refractivity contribution in [1.29, 1.82) is 0 Å². The molecule has 106 valence electrons. The highest BCUT2D eigenvalue weighted by Crippen LogP contribution is 2.28. The van der Waals surface area contributed by atoms with Crippen molar-refractivity contribution in [2.45, 2.75) is 65.2 Å². The third-order valence-corrected chi connectivity index (χ3v) is 3.67. The van der Waals surface area contributed by atoms with Crippen LogP contribution in [0.4, 0.5) is 0 Å². The molecule has 0 atom stereocenters. The number of hydrogen-bond acceptors (Lipinski definition) is 2. The van der Waals surface area contributed by atoms with Crippen LogP contribution < -0.4 is 5.32 Å². The molecular weight excluding hydrogens is 232 g/mol. The lowest BCUT2D eigenvalue weighted by atomic mass is 10.1. The maximum absolute atomic E-state index is 3.55. The third-order valence-electron chi connectivity index (χ3n) is 3.67. The molecule has 0 aliphatic heterocycles. The van der Waals surface area contributed by atoms with Gasteiger partial charge in [0.15, 0.2) is 0 Å². The van der Waals surface area contributed by atoms with E-state index in [9.17, 15) is 0 Å². The minimum atomic E-state index is 0.180. The molecule has 1 aromatic rings. The van der Waals surface area contributed by atoms with Gasteiger partial charge in [-0.2, -0.15) is 0 Å². The predicted octanol–water partition coefficient (Wildman–Crippen LogP) is 3.56. The number of nitrogens with zero attached hydrogens (tertiary/aromatic N) is 1. The quantitative estimate of drug-likeness (QED) is 0.841. The summed E-state index contributed by atoms with van der Waals surface area (Å²) in [7, 11) is 0. The van der Waals surface area contributed by atoms with E-state index < -0.39 is 0 Å². The molecule has 0 aromatic heterocycles. The lowest BCUT2D eigenvalue weighted by Crippen LogP contribution is -2.35. The summed E-state index contributed by atoms with van der Waals surface area (Å²) in [6, 6.07) is 9.86. The van der Waals surface area contributed by atoms with E-state index in [0.29, 0.717) is 0 Å². The van der Waals surface area contributed by atoms with Crippen LogP contribution in [0.15, 0.2) is 24.3 Å². The van der Waals surface area contributed by atoms with Crippen molar-refractivity contribution < 1.29 is 0 Å². The lowest BCUT2D eigenvalue weighted by Gasteiger charge is -2.22. The highest BCUT2D eigenvalue weighted by molar-refractivity contribution is 5.23.